The molecule has 1 atom stereocenters. The number of aromatic hydroxyl groups is 1. The normalized spacial score (nSPS) is 21.0. The number of nitrogens with zero attached hydrogens (tertiary/aromatic N) is 2. The summed E-state index contributed by atoms with van der Waals surface area (Å²) in [5.74, 6) is -0.157. The Morgan fingerprint density at radius 2 is 2.00 bits per heavy atom. The topological polar surface area (TPSA) is 76.2 Å². The van der Waals surface area contributed by atoms with Crippen molar-refractivity contribution in [2.24, 2.45) is 12.0 Å². The number of halogens is 3. The summed E-state index contributed by atoms with van der Waals surface area (Å²) >= 11 is 0. The molecule has 0 spiro atoms. The summed E-state index contributed by atoms with van der Waals surface area (Å²) in [6.45, 7) is 0.847. The van der Waals surface area contributed by atoms with Crippen LogP contribution in [0.2, 0.25) is 0 Å². The summed E-state index contributed by atoms with van der Waals surface area (Å²) in [6, 6.07) is 3.55. The summed E-state index contributed by atoms with van der Waals surface area (Å²) in [6.07, 6.45) is -1.51. The molecule has 1 aliphatic heterocycles. The second-order valence-corrected chi connectivity index (χ2v) is 7.58. The molecule has 2 aromatic rings. The van der Waals surface area contributed by atoms with Gasteiger partial charge in [0.25, 0.3) is 0 Å². The standard InChI is InChI=1S/C21H23F3N2O4/c1-26-19(14-7-6-12(10-18(14)28)30-21(22,23)24)13-8-9-29-11-15(13)20(26)25-16-4-2-3-5-17(16)27/h6-7,10,17,27-28H,2-5,8-9,11H2,1H3/b25-16+/t17-/m1/s1. The molecule has 1 aromatic heterocycles. The molecule has 2 N–H and O–H groups in total. The van der Waals surface area contributed by atoms with Crippen molar-refractivity contribution < 1.29 is 32.9 Å². The Bertz CT molecular complexity index is 982. The second-order valence-electron chi connectivity index (χ2n) is 7.58. The van der Waals surface area contributed by atoms with Crippen molar-refractivity contribution in [3.8, 4) is 22.8 Å². The van der Waals surface area contributed by atoms with Gasteiger partial charge in [0.05, 0.1) is 25.0 Å². The highest BCUT2D eigenvalue weighted by Gasteiger charge is 2.32. The number of ether oxygens (including phenoxy) is 2. The highest BCUT2D eigenvalue weighted by Crippen LogP contribution is 2.43. The van der Waals surface area contributed by atoms with Gasteiger partial charge in [0.15, 0.2) is 0 Å². The van der Waals surface area contributed by atoms with E-state index >= 15 is 0 Å². The molecule has 0 amide bonds. The van der Waals surface area contributed by atoms with Crippen molar-refractivity contribution in [2.45, 2.75) is 51.2 Å². The SMILES string of the molecule is Cn1c(/N=C2\CCCC[C@H]2O)c2c(c1-c1ccc(OC(F)(F)F)cc1O)CCOC2. The van der Waals surface area contributed by atoms with E-state index in [2.05, 4.69) is 4.74 Å². The van der Waals surface area contributed by atoms with Crippen LogP contribution in [0.1, 0.15) is 36.8 Å². The molecule has 0 radical (unpaired) electrons. The minimum atomic E-state index is -4.83. The van der Waals surface area contributed by atoms with Crippen molar-refractivity contribution in [1.29, 1.82) is 0 Å². The first-order valence-corrected chi connectivity index (χ1v) is 9.87. The minimum Gasteiger partial charge on any atom is -0.507 e. The molecule has 1 fully saturated rings. The van der Waals surface area contributed by atoms with Crippen LogP contribution < -0.4 is 4.74 Å². The van der Waals surface area contributed by atoms with Crippen molar-refractivity contribution in [1.82, 2.24) is 4.57 Å². The molecule has 1 saturated carbocycles. The number of aromatic nitrogens is 1. The molecule has 4 rings (SSSR count). The van der Waals surface area contributed by atoms with Gasteiger partial charge in [0, 0.05) is 30.0 Å². The summed E-state index contributed by atoms with van der Waals surface area (Å²) in [7, 11) is 1.79. The van der Waals surface area contributed by atoms with E-state index < -0.39 is 18.2 Å². The molecule has 2 heterocycles. The monoisotopic (exact) mass is 424 g/mol. The number of aliphatic imine (C=N–C) groups is 1. The molecular formula is C21H23F3N2O4. The number of alkyl halides is 3. The van der Waals surface area contributed by atoms with Gasteiger partial charge in [0.2, 0.25) is 0 Å². The van der Waals surface area contributed by atoms with Crippen molar-refractivity contribution in [3.05, 3.63) is 29.3 Å². The third-order valence-corrected chi connectivity index (χ3v) is 5.57. The average Bonchev–Trinajstić information content (AvgIpc) is 2.95. The van der Waals surface area contributed by atoms with Crippen LogP contribution in [-0.2, 0) is 24.8 Å². The van der Waals surface area contributed by atoms with E-state index in [0.717, 1.165) is 35.7 Å². The summed E-state index contributed by atoms with van der Waals surface area (Å²) in [5, 5.41) is 20.8. The number of phenols is 1. The van der Waals surface area contributed by atoms with Crippen LogP contribution in [-0.4, -0.2) is 39.6 Å². The van der Waals surface area contributed by atoms with Crippen LogP contribution in [0.3, 0.4) is 0 Å². The molecule has 1 aliphatic carbocycles. The van der Waals surface area contributed by atoms with Gasteiger partial charge in [-0.1, -0.05) is 6.42 Å². The molecule has 1 aromatic carbocycles. The van der Waals surface area contributed by atoms with E-state index in [1.54, 1.807) is 7.05 Å². The van der Waals surface area contributed by atoms with E-state index in [-0.39, 0.29) is 5.75 Å². The fourth-order valence-corrected chi connectivity index (χ4v) is 4.20. The average molecular weight is 424 g/mol. The Kier molecular flexibility index (Phi) is 5.50. The summed E-state index contributed by atoms with van der Waals surface area (Å²) in [4.78, 5) is 4.75. The molecular weight excluding hydrogens is 401 g/mol. The third kappa shape index (κ3) is 4.04. The number of fused-ring (bicyclic) bond motifs is 1. The zero-order valence-electron chi connectivity index (χ0n) is 16.5. The van der Waals surface area contributed by atoms with Crippen molar-refractivity contribution in [3.63, 3.8) is 0 Å². The third-order valence-electron chi connectivity index (χ3n) is 5.57. The Hall–Kier alpha value is -2.52. The molecule has 2 aliphatic rings. The zero-order chi connectivity index (χ0) is 21.5. The zero-order valence-corrected chi connectivity index (χ0v) is 16.5. The van der Waals surface area contributed by atoms with Gasteiger partial charge in [-0.25, -0.2) is 4.99 Å². The quantitative estimate of drug-likeness (QED) is 0.767. The molecule has 6 nitrogen and oxygen atoms in total. The van der Waals surface area contributed by atoms with E-state index in [1.807, 2.05) is 4.57 Å². The van der Waals surface area contributed by atoms with E-state index in [9.17, 15) is 23.4 Å². The smallest absolute Gasteiger partial charge is 0.507 e. The summed E-state index contributed by atoms with van der Waals surface area (Å²) in [5.41, 5.74) is 3.60. The number of hydrogen-bond donors (Lipinski definition) is 2. The number of aliphatic hydroxyl groups is 1. The van der Waals surface area contributed by atoms with Crippen LogP contribution in [0.25, 0.3) is 11.3 Å². The highest BCUT2D eigenvalue weighted by atomic mass is 19.4. The lowest BCUT2D eigenvalue weighted by Gasteiger charge is -2.20. The fourth-order valence-electron chi connectivity index (χ4n) is 4.20. The van der Waals surface area contributed by atoms with E-state index in [4.69, 9.17) is 9.73 Å². The summed E-state index contributed by atoms with van der Waals surface area (Å²) < 4.78 is 48.8. The number of benzene rings is 1. The van der Waals surface area contributed by atoms with Gasteiger partial charge in [-0.15, -0.1) is 13.2 Å². The molecule has 30 heavy (non-hydrogen) atoms. The van der Waals surface area contributed by atoms with E-state index in [1.165, 1.54) is 12.1 Å². The predicted octanol–water partition coefficient (Wildman–Crippen LogP) is 4.38. The maximum absolute atomic E-state index is 12.5. The molecule has 9 heteroatoms. The van der Waals surface area contributed by atoms with Crippen molar-refractivity contribution in [2.75, 3.05) is 6.61 Å². The van der Waals surface area contributed by atoms with Gasteiger partial charge in [-0.2, -0.15) is 0 Å². The lowest BCUT2D eigenvalue weighted by molar-refractivity contribution is -0.274. The van der Waals surface area contributed by atoms with Crippen LogP contribution in [0.5, 0.6) is 11.5 Å². The number of rotatable bonds is 3. The number of phenolic OH excluding ortho intramolecular Hbond substituents is 1. The predicted molar refractivity (Wildman–Crippen MR) is 104 cm³/mol. The fraction of sp³-hybridized carbons (Fsp3) is 0.476. The Morgan fingerprint density at radius 3 is 2.70 bits per heavy atom. The lowest BCUT2D eigenvalue weighted by atomic mass is 9.95. The first kappa shape index (κ1) is 20.7. The van der Waals surface area contributed by atoms with Crippen LogP contribution in [0, 0.1) is 0 Å². The molecule has 0 bridgehead atoms. The Balaban J connectivity index is 1.80. The van der Waals surface area contributed by atoms with Crippen molar-refractivity contribution >= 4 is 11.5 Å². The minimum absolute atomic E-state index is 0.316. The van der Waals surface area contributed by atoms with E-state index in [0.29, 0.717) is 49.6 Å². The molecule has 162 valence electrons. The first-order chi connectivity index (χ1) is 14.2. The highest BCUT2D eigenvalue weighted by molar-refractivity contribution is 5.92. The lowest BCUT2D eigenvalue weighted by Crippen LogP contribution is -2.24. The molecule has 0 unspecified atom stereocenters. The maximum atomic E-state index is 12.5. The van der Waals surface area contributed by atoms with Gasteiger partial charge in [-0.05, 0) is 43.4 Å². The van der Waals surface area contributed by atoms with Crippen LogP contribution in [0.4, 0.5) is 19.0 Å². The number of aliphatic hydroxyl groups excluding tert-OH is 1. The first-order valence-electron chi connectivity index (χ1n) is 9.87. The largest absolute Gasteiger partial charge is 0.573 e. The van der Waals surface area contributed by atoms with Crippen LogP contribution >= 0.6 is 0 Å². The van der Waals surface area contributed by atoms with Crippen LogP contribution in [0.15, 0.2) is 23.2 Å². The van der Waals surface area contributed by atoms with Gasteiger partial charge >= 0.3 is 6.36 Å². The van der Waals surface area contributed by atoms with Gasteiger partial charge < -0.3 is 24.3 Å². The number of hydrogen-bond acceptors (Lipinski definition) is 5. The Labute approximate surface area is 171 Å². The van der Waals surface area contributed by atoms with Gasteiger partial charge in [0.1, 0.15) is 17.3 Å². The maximum Gasteiger partial charge on any atom is 0.573 e. The molecule has 0 saturated heterocycles. The van der Waals surface area contributed by atoms with Gasteiger partial charge in [-0.3, -0.25) is 0 Å². The Morgan fingerprint density at radius 1 is 1.20 bits per heavy atom. The second kappa shape index (κ2) is 7.96.